The molecule has 0 unspecified atom stereocenters. The predicted molar refractivity (Wildman–Crippen MR) is 153 cm³/mol. The Morgan fingerprint density at radius 1 is 1.00 bits per heavy atom. The van der Waals surface area contributed by atoms with Crippen LogP contribution in [0.1, 0.15) is 43.6 Å². The first-order valence-corrected chi connectivity index (χ1v) is 14.1. The van der Waals surface area contributed by atoms with Crippen molar-refractivity contribution >= 4 is 22.3 Å². The van der Waals surface area contributed by atoms with Crippen molar-refractivity contribution in [2.24, 2.45) is 16.8 Å². The number of thiazole rings is 1. The van der Waals surface area contributed by atoms with Gasteiger partial charge >= 0.3 is 0 Å². The first kappa shape index (κ1) is 27.7. The van der Waals surface area contributed by atoms with Gasteiger partial charge in [0.25, 0.3) is 0 Å². The second kappa shape index (κ2) is 14.0. The average Bonchev–Trinajstić information content (AvgIpc) is 3.36. The molecule has 2 aromatic carbocycles. The van der Waals surface area contributed by atoms with Crippen LogP contribution in [-0.2, 0) is 11.2 Å². The Bertz CT molecular complexity index is 1160. The summed E-state index contributed by atoms with van der Waals surface area (Å²) < 4.78 is 17.3. The number of rotatable bonds is 13. The van der Waals surface area contributed by atoms with Gasteiger partial charge in [-0.2, -0.15) is 0 Å². The average molecular weight is 539 g/mol. The Balaban J connectivity index is 1.21. The zero-order valence-electron chi connectivity index (χ0n) is 22.3. The molecule has 8 nitrogen and oxygen atoms in total. The third kappa shape index (κ3) is 7.85. The van der Waals surface area contributed by atoms with Gasteiger partial charge in [-0.1, -0.05) is 19.0 Å². The molecule has 2 heterocycles. The van der Waals surface area contributed by atoms with Crippen LogP contribution >= 0.6 is 11.3 Å². The van der Waals surface area contributed by atoms with Gasteiger partial charge in [0.2, 0.25) is 0 Å². The number of morpholine rings is 1. The lowest BCUT2D eigenvalue weighted by Gasteiger charge is -2.26. The van der Waals surface area contributed by atoms with Gasteiger partial charge in [-0.15, -0.1) is 11.3 Å². The van der Waals surface area contributed by atoms with Crippen molar-refractivity contribution in [3.63, 3.8) is 0 Å². The molecule has 3 N–H and O–H groups in total. The van der Waals surface area contributed by atoms with E-state index in [1.54, 1.807) is 12.1 Å². The number of aromatic nitrogens is 1. The molecule has 3 aromatic rings. The molecular formula is C29H38N4O4S. The smallest absolute Gasteiger partial charge is 0.186 e. The molecule has 38 heavy (non-hydrogen) atoms. The third-order valence-corrected chi connectivity index (χ3v) is 7.41. The highest BCUT2D eigenvalue weighted by Gasteiger charge is 2.20. The maximum Gasteiger partial charge on any atom is 0.186 e. The van der Waals surface area contributed by atoms with Crippen molar-refractivity contribution in [3.8, 4) is 22.8 Å². The third-order valence-electron chi connectivity index (χ3n) is 6.27. The fourth-order valence-electron chi connectivity index (χ4n) is 4.21. The van der Waals surface area contributed by atoms with Crippen LogP contribution in [0.15, 0.2) is 53.7 Å². The van der Waals surface area contributed by atoms with E-state index >= 15 is 0 Å². The molecule has 1 aromatic heterocycles. The van der Waals surface area contributed by atoms with Crippen LogP contribution in [0.2, 0.25) is 0 Å². The Kier molecular flexibility index (Phi) is 10.2. The van der Waals surface area contributed by atoms with E-state index in [0.29, 0.717) is 24.7 Å². The quantitative estimate of drug-likeness (QED) is 0.0964. The largest absolute Gasteiger partial charge is 0.494 e. The fraction of sp³-hybridized carbons (Fsp3) is 0.448. The van der Waals surface area contributed by atoms with Gasteiger partial charge in [-0.3, -0.25) is 0 Å². The van der Waals surface area contributed by atoms with E-state index in [2.05, 4.69) is 36.0 Å². The Labute approximate surface area is 229 Å². The molecule has 0 amide bonds. The number of nitrogens with zero attached hydrogens (tertiary/aromatic N) is 3. The summed E-state index contributed by atoms with van der Waals surface area (Å²) in [6.45, 7) is 9.14. The maximum absolute atomic E-state index is 8.73. The number of nitrogens with two attached hydrogens (primary N) is 1. The molecule has 1 fully saturated rings. The minimum absolute atomic E-state index is 0.0862. The first-order chi connectivity index (χ1) is 18.5. The van der Waals surface area contributed by atoms with Crippen LogP contribution in [0, 0.1) is 5.92 Å². The Hall–Kier alpha value is -3.30. The van der Waals surface area contributed by atoms with Gasteiger partial charge < -0.3 is 30.1 Å². The molecule has 0 spiro atoms. The predicted octanol–water partition coefficient (Wildman–Crippen LogP) is 5.57. The fourth-order valence-corrected chi connectivity index (χ4v) is 5.56. The molecular weight excluding hydrogens is 500 g/mol. The van der Waals surface area contributed by atoms with Crippen LogP contribution in [-0.4, -0.2) is 55.5 Å². The van der Waals surface area contributed by atoms with Gasteiger partial charge in [0.05, 0.1) is 32.1 Å². The van der Waals surface area contributed by atoms with E-state index in [9.17, 15) is 0 Å². The summed E-state index contributed by atoms with van der Waals surface area (Å²) in [5.74, 6) is 2.31. The highest BCUT2D eigenvalue weighted by Crippen LogP contribution is 2.35. The normalized spacial score (nSPS) is 14.2. The first-order valence-electron chi connectivity index (χ1n) is 13.3. The zero-order valence-corrected chi connectivity index (χ0v) is 23.1. The zero-order chi connectivity index (χ0) is 26.7. The van der Waals surface area contributed by atoms with E-state index in [1.807, 2.05) is 35.6 Å². The summed E-state index contributed by atoms with van der Waals surface area (Å²) >= 11 is 1.82. The number of benzene rings is 2. The van der Waals surface area contributed by atoms with Crippen LogP contribution in [0.25, 0.3) is 11.3 Å². The molecule has 0 bridgehead atoms. The standard InChI is InChI=1S/C29H38N4O4S/c1-21(2)20-26-27(31-29(38-26)33-14-18-35-19-15-33)22-6-10-24(11-7-22)36-16-4-3-5-17-37-25-12-8-23(9-13-25)28(30)32-34/h6-13,21,34H,3-5,14-20H2,1-2H3,(H2,30,32). The molecule has 1 saturated heterocycles. The minimum atomic E-state index is 0.0862. The van der Waals surface area contributed by atoms with E-state index in [4.69, 9.17) is 30.1 Å². The van der Waals surface area contributed by atoms with Crippen molar-refractivity contribution in [1.29, 1.82) is 0 Å². The lowest BCUT2D eigenvalue weighted by Crippen LogP contribution is -2.36. The molecule has 0 atom stereocenters. The van der Waals surface area contributed by atoms with E-state index in [0.717, 1.165) is 79.9 Å². The van der Waals surface area contributed by atoms with Crippen molar-refractivity contribution in [2.45, 2.75) is 39.5 Å². The van der Waals surface area contributed by atoms with Gasteiger partial charge in [-0.05, 0) is 80.1 Å². The SMILES string of the molecule is CC(C)Cc1sc(N2CCOCC2)nc1-c1ccc(OCCCCCOc2ccc(C(N)=NO)cc2)cc1. The summed E-state index contributed by atoms with van der Waals surface area (Å²) in [5, 5.41) is 12.8. The van der Waals surface area contributed by atoms with Gasteiger partial charge in [-0.25, -0.2) is 4.98 Å². The van der Waals surface area contributed by atoms with Crippen molar-refractivity contribution < 1.29 is 19.4 Å². The van der Waals surface area contributed by atoms with Crippen LogP contribution in [0.3, 0.4) is 0 Å². The molecule has 204 valence electrons. The number of amidine groups is 1. The monoisotopic (exact) mass is 538 g/mol. The Morgan fingerprint density at radius 2 is 1.61 bits per heavy atom. The summed E-state index contributed by atoms with van der Waals surface area (Å²) in [5.41, 5.74) is 8.47. The minimum Gasteiger partial charge on any atom is -0.494 e. The van der Waals surface area contributed by atoms with Gasteiger partial charge in [0.1, 0.15) is 11.5 Å². The van der Waals surface area contributed by atoms with Crippen molar-refractivity contribution in [1.82, 2.24) is 4.98 Å². The maximum atomic E-state index is 8.73. The second-order valence-electron chi connectivity index (χ2n) is 9.76. The summed E-state index contributed by atoms with van der Waals surface area (Å²) in [6, 6.07) is 15.5. The summed E-state index contributed by atoms with van der Waals surface area (Å²) in [6.07, 6.45) is 3.94. The number of hydrogen-bond donors (Lipinski definition) is 2. The number of anilines is 1. The molecule has 0 saturated carbocycles. The molecule has 9 heteroatoms. The number of unbranched alkanes of at least 4 members (excludes halogenated alkanes) is 2. The van der Waals surface area contributed by atoms with E-state index in [-0.39, 0.29) is 5.84 Å². The van der Waals surface area contributed by atoms with Crippen molar-refractivity contribution in [2.75, 3.05) is 44.4 Å². The highest BCUT2D eigenvalue weighted by molar-refractivity contribution is 7.16. The number of ether oxygens (including phenoxy) is 3. The van der Waals surface area contributed by atoms with Crippen LogP contribution < -0.4 is 20.1 Å². The Morgan fingerprint density at radius 3 is 2.18 bits per heavy atom. The molecule has 1 aliphatic rings. The molecule has 0 aliphatic carbocycles. The van der Waals surface area contributed by atoms with E-state index < -0.39 is 0 Å². The van der Waals surface area contributed by atoms with Gasteiger partial charge in [0, 0.05) is 29.1 Å². The highest BCUT2D eigenvalue weighted by atomic mass is 32.1. The number of oxime groups is 1. The van der Waals surface area contributed by atoms with Crippen LogP contribution in [0.4, 0.5) is 5.13 Å². The topological polar surface area (TPSA) is 102 Å². The number of hydrogen-bond acceptors (Lipinski definition) is 8. The lowest BCUT2D eigenvalue weighted by atomic mass is 10.0. The van der Waals surface area contributed by atoms with Crippen LogP contribution in [0.5, 0.6) is 11.5 Å². The van der Waals surface area contributed by atoms with E-state index in [1.165, 1.54) is 4.88 Å². The second-order valence-corrected chi connectivity index (χ2v) is 10.8. The molecule has 4 rings (SSSR count). The summed E-state index contributed by atoms with van der Waals surface area (Å²) in [7, 11) is 0. The summed E-state index contributed by atoms with van der Waals surface area (Å²) in [4.78, 5) is 8.73. The lowest BCUT2D eigenvalue weighted by molar-refractivity contribution is 0.122. The van der Waals surface area contributed by atoms with Gasteiger partial charge in [0.15, 0.2) is 11.0 Å². The molecule has 0 radical (unpaired) electrons. The molecule has 1 aliphatic heterocycles. The van der Waals surface area contributed by atoms with Crippen molar-refractivity contribution in [3.05, 3.63) is 59.0 Å².